The van der Waals surface area contributed by atoms with E-state index in [1.165, 1.54) is 0 Å². The van der Waals surface area contributed by atoms with Crippen molar-refractivity contribution in [2.45, 2.75) is 30.5 Å². The van der Waals surface area contributed by atoms with Crippen LogP contribution in [0.3, 0.4) is 0 Å². The Labute approximate surface area is 169 Å². The average Bonchev–Trinajstić information content (AvgIpc) is 3.32. The van der Waals surface area contributed by atoms with Gasteiger partial charge in [-0.2, -0.15) is 0 Å². The number of hydrogen-bond acceptors (Lipinski definition) is 6. The van der Waals surface area contributed by atoms with Crippen LogP contribution in [0.5, 0.6) is 11.5 Å². The van der Waals surface area contributed by atoms with Gasteiger partial charge in [-0.3, -0.25) is 4.79 Å². The smallest absolute Gasteiger partial charge is 0.253 e. The molecule has 8 nitrogen and oxygen atoms in total. The molecule has 0 aliphatic carbocycles. The lowest BCUT2D eigenvalue weighted by Crippen LogP contribution is -2.47. The summed E-state index contributed by atoms with van der Waals surface area (Å²) in [5.74, 6) is 1.91. The van der Waals surface area contributed by atoms with Crippen LogP contribution in [0.1, 0.15) is 35.4 Å². The molecule has 1 spiro atoms. The van der Waals surface area contributed by atoms with Crippen LogP contribution in [0.15, 0.2) is 30.6 Å². The number of benzene rings is 1. The van der Waals surface area contributed by atoms with E-state index in [1.54, 1.807) is 24.4 Å². The van der Waals surface area contributed by atoms with Gasteiger partial charge in [0.25, 0.3) is 5.91 Å². The molecule has 1 N–H and O–H groups in total. The third-order valence-electron chi connectivity index (χ3n) is 6.22. The van der Waals surface area contributed by atoms with Gasteiger partial charge in [0.05, 0.1) is 12.2 Å². The van der Waals surface area contributed by atoms with Crippen LogP contribution in [-0.2, 0) is 17.4 Å². The van der Waals surface area contributed by atoms with Crippen LogP contribution in [0.2, 0.25) is 0 Å². The van der Waals surface area contributed by atoms with Gasteiger partial charge in [0.1, 0.15) is 24.6 Å². The molecule has 8 heteroatoms. The van der Waals surface area contributed by atoms with Gasteiger partial charge in [-0.15, -0.1) is 0 Å². The van der Waals surface area contributed by atoms with Gasteiger partial charge in [0.2, 0.25) is 0 Å². The molecule has 0 bridgehead atoms. The first kappa shape index (κ1) is 18.4. The number of amides is 1. The molecule has 5 rings (SSSR count). The Kier molecular flexibility index (Phi) is 4.29. The number of aryl methyl sites for hydroxylation is 1. The summed E-state index contributed by atoms with van der Waals surface area (Å²) in [6.07, 6.45) is 5.39. The minimum Gasteiger partial charge on any atom is -0.486 e. The number of carbonyl (C=O) groups excluding carboxylic acids is 1. The Bertz CT molecular complexity index is 934. The van der Waals surface area contributed by atoms with Crippen LogP contribution in [0.4, 0.5) is 0 Å². The number of aliphatic hydroxyl groups is 1. The normalized spacial score (nSPS) is 25.4. The molecule has 2 saturated heterocycles. The standard InChI is InChI=1S/C21H25N3O5/c1-23-9-6-22-19(23)21(26)13-20(29-14-21)4-7-24(8-5-20)18(25)15-2-3-16-17(12-15)28-11-10-27-16/h2-3,6,9,12,26H,4-5,7-8,10-11,13-14H2,1H3/t21-/m0/s1. The monoisotopic (exact) mass is 399 g/mol. The first-order chi connectivity index (χ1) is 14.0. The summed E-state index contributed by atoms with van der Waals surface area (Å²) < 4.78 is 19.1. The van der Waals surface area contributed by atoms with Crippen molar-refractivity contribution in [3.63, 3.8) is 0 Å². The lowest BCUT2D eigenvalue weighted by atomic mass is 9.83. The highest BCUT2D eigenvalue weighted by molar-refractivity contribution is 5.95. The van der Waals surface area contributed by atoms with E-state index >= 15 is 0 Å². The van der Waals surface area contributed by atoms with Crippen LogP contribution in [0, 0.1) is 0 Å². The molecule has 154 valence electrons. The van der Waals surface area contributed by atoms with Gasteiger partial charge in [-0.25, -0.2) is 4.98 Å². The number of piperidine rings is 1. The molecule has 0 radical (unpaired) electrons. The van der Waals surface area contributed by atoms with E-state index in [2.05, 4.69) is 4.98 Å². The van der Waals surface area contributed by atoms with E-state index in [1.807, 2.05) is 22.7 Å². The molecule has 1 atom stereocenters. The van der Waals surface area contributed by atoms with Crippen molar-refractivity contribution in [3.05, 3.63) is 42.0 Å². The average molecular weight is 399 g/mol. The molecular weight excluding hydrogens is 374 g/mol. The highest BCUT2D eigenvalue weighted by Crippen LogP contribution is 2.45. The second kappa shape index (κ2) is 6.74. The summed E-state index contributed by atoms with van der Waals surface area (Å²) in [6.45, 7) is 2.42. The van der Waals surface area contributed by atoms with Crippen molar-refractivity contribution in [1.82, 2.24) is 14.5 Å². The van der Waals surface area contributed by atoms with E-state index < -0.39 is 11.2 Å². The Hall–Kier alpha value is -2.58. The highest BCUT2D eigenvalue weighted by atomic mass is 16.6. The number of ether oxygens (including phenoxy) is 3. The molecule has 4 heterocycles. The summed E-state index contributed by atoms with van der Waals surface area (Å²) in [6, 6.07) is 5.33. The maximum atomic E-state index is 13.0. The molecule has 3 aliphatic heterocycles. The van der Waals surface area contributed by atoms with E-state index in [0.29, 0.717) is 68.5 Å². The fourth-order valence-electron chi connectivity index (χ4n) is 4.66. The van der Waals surface area contributed by atoms with Crippen molar-refractivity contribution in [1.29, 1.82) is 0 Å². The molecular formula is C21H25N3O5. The van der Waals surface area contributed by atoms with Crippen molar-refractivity contribution >= 4 is 5.91 Å². The predicted molar refractivity (Wildman–Crippen MR) is 103 cm³/mol. The summed E-state index contributed by atoms with van der Waals surface area (Å²) in [5, 5.41) is 11.1. The predicted octanol–water partition coefficient (Wildman–Crippen LogP) is 1.47. The molecule has 0 saturated carbocycles. The van der Waals surface area contributed by atoms with Crippen molar-refractivity contribution in [2.75, 3.05) is 32.9 Å². The number of imidazole rings is 1. The first-order valence-electron chi connectivity index (χ1n) is 10.0. The van der Waals surface area contributed by atoms with Gasteiger partial charge >= 0.3 is 0 Å². The molecule has 1 amide bonds. The second-order valence-electron chi connectivity index (χ2n) is 8.19. The number of likely N-dealkylation sites (tertiary alicyclic amines) is 1. The van der Waals surface area contributed by atoms with Gasteiger partial charge in [-0.1, -0.05) is 0 Å². The second-order valence-corrected chi connectivity index (χ2v) is 8.19. The summed E-state index contributed by atoms with van der Waals surface area (Å²) >= 11 is 0. The van der Waals surface area contributed by atoms with E-state index in [4.69, 9.17) is 14.2 Å². The molecule has 0 unspecified atom stereocenters. The number of aromatic nitrogens is 2. The molecule has 1 aromatic heterocycles. The maximum absolute atomic E-state index is 13.0. The Morgan fingerprint density at radius 2 is 1.93 bits per heavy atom. The van der Waals surface area contributed by atoms with Crippen molar-refractivity contribution < 1.29 is 24.1 Å². The molecule has 29 heavy (non-hydrogen) atoms. The maximum Gasteiger partial charge on any atom is 0.253 e. The zero-order valence-electron chi connectivity index (χ0n) is 16.5. The van der Waals surface area contributed by atoms with Crippen LogP contribution in [-0.4, -0.2) is 64.0 Å². The third kappa shape index (κ3) is 3.16. The minimum absolute atomic E-state index is 0.0193. The topological polar surface area (TPSA) is 86.1 Å². The summed E-state index contributed by atoms with van der Waals surface area (Å²) in [5.41, 5.74) is -0.896. The fraction of sp³-hybridized carbons (Fsp3) is 0.524. The zero-order chi connectivity index (χ0) is 20.1. The molecule has 2 fully saturated rings. The number of nitrogens with zero attached hydrogens (tertiary/aromatic N) is 3. The minimum atomic E-state index is -1.08. The van der Waals surface area contributed by atoms with Crippen LogP contribution < -0.4 is 9.47 Å². The van der Waals surface area contributed by atoms with Crippen molar-refractivity contribution in [3.8, 4) is 11.5 Å². The molecule has 1 aromatic carbocycles. The Morgan fingerprint density at radius 3 is 2.66 bits per heavy atom. The quantitative estimate of drug-likeness (QED) is 0.823. The summed E-state index contributed by atoms with van der Waals surface area (Å²) in [4.78, 5) is 19.1. The fourth-order valence-corrected chi connectivity index (χ4v) is 4.66. The molecule has 3 aliphatic rings. The summed E-state index contributed by atoms with van der Waals surface area (Å²) in [7, 11) is 1.87. The highest BCUT2D eigenvalue weighted by Gasteiger charge is 2.52. The Balaban J connectivity index is 1.26. The van der Waals surface area contributed by atoms with E-state index in [9.17, 15) is 9.90 Å². The number of rotatable bonds is 2. The first-order valence-corrected chi connectivity index (χ1v) is 10.0. The van der Waals surface area contributed by atoms with Gasteiger partial charge in [0.15, 0.2) is 11.5 Å². The van der Waals surface area contributed by atoms with Gasteiger partial charge in [0, 0.05) is 44.5 Å². The number of fused-ring (bicyclic) bond motifs is 1. The van der Waals surface area contributed by atoms with Crippen LogP contribution >= 0.6 is 0 Å². The van der Waals surface area contributed by atoms with Gasteiger partial charge in [-0.05, 0) is 31.0 Å². The number of carbonyl (C=O) groups is 1. The zero-order valence-corrected chi connectivity index (χ0v) is 16.5. The van der Waals surface area contributed by atoms with Crippen molar-refractivity contribution in [2.24, 2.45) is 7.05 Å². The van der Waals surface area contributed by atoms with Crippen LogP contribution in [0.25, 0.3) is 0 Å². The largest absolute Gasteiger partial charge is 0.486 e. The van der Waals surface area contributed by atoms with E-state index in [-0.39, 0.29) is 12.5 Å². The van der Waals surface area contributed by atoms with Gasteiger partial charge < -0.3 is 28.8 Å². The van der Waals surface area contributed by atoms with E-state index in [0.717, 1.165) is 0 Å². The lowest BCUT2D eigenvalue weighted by Gasteiger charge is -2.39. The molecule has 2 aromatic rings. The SMILES string of the molecule is Cn1ccnc1[C@@]1(O)COC2(CCN(C(=O)c3ccc4c(c3)OCCO4)CC2)C1. The third-order valence-corrected chi connectivity index (χ3v) is 6.22. The Morgan fingerprint density at radius 1 is 1.17 bits per heavy atom. The lowest BCUT2D eigenvalue weighted by molar-refractivity contribution is -0.0438. The number of hydrogen-bond donors (Lipinski definition) is 1.